The molecule has 0 radical (unpaired) electrons. The van der Waals surface area contributed by atoms with Gasteiger partial charge in [0.1, 0.15) is 5.54 Å². The number of carbonyl (C=O) groups is 2. The smallest absolute Gasteiger partial charge is 0.315 e. The lowest BCUT2D eigenvalue weighted by molar-refractivity contribution is -0.137. The molecule has 2 saturated carbocycles. The van der Waals surface area contributed by atoms with Crippen molar-refractivity contribution in [2.75, 3.05) is 13.1 Å². The van der Waals surface area contributed by atoms with E-state index in [4.69, 9.17) is 5.73 Å². The van der Waals surface area contributed by atoms with Gasteiger partial charge in [0, 0.05) is 25.7 Å². The first-order valence-corrected chi connectivity index (χ1v) is 10.2. The SMILES string of the molecule is NC1CCC2CN(C(=O)C3(NC(=O)NCc4ccccc4)CCCC3)CC12. The molecule has 3 aliphatic rings. The van der Waals surface area contributed by atoms with Gasteiger partial charge in [-0.05, 0) is 43.1 Å². The van der Waals surface area contributed by atoms with Crippen LogP contribution in [-0.2, 0) is 11.3 Å². The van der Waals surface area contributed by atoms with Crippen LogP contribution in [0.1, 0.15) is 44.1 Å². The zero-order valence-corrected chi connectivity index (χ0v) is 15.8. The summed E-state index contributed by atoms with van der Waals surface area (Å²) < 4.78 is 0. The molecule has 3 unspecified atom stereocenters. The van der Waals surface area contributed by atoms with Gasteiger partial charge in [-0.2, -0.15) is 0 Å². The second kappa shape index (κ2) is 7.50. The second-order valence-electron chi connectivity index (χ2n) is 8.46. The molecule has 1 saturated heterocycles. The fourth-order valence-electron chi connectivity index (χ4n) is 5.19. The van der Waals surface area contributed by atoms with Crippen LogP contribution in [0.5, 0.6) is 0 Å². The van der Waals surface area contributed by atoms with Crippen LogP contribution in [0.2, 0.25) is 0 Å². The molecule has 146 valence electrons. The molecule has 0 aromatic heterocycles. The standard InChI is InChI=1S/C21H30N4O2/c22-18-9-8-16-13-25(14-17(16)18)19(26)21(10-4-5-11-21)24-20(27)23-12-15-6-2-1-3-7-15/h1-3,6-7,16-18H,4-5,8-14,22H2,(H2,23,24,27). The van der Waals surface area contributed by atoms with Crippen LogP contribution < -0.4 is 16.4 Å². The van der Waals surface area contributed by atoms with E-state index in [1.54, 1.807) is 0 Å². The molecule has 4 rings (SSSR count). The van der Waals surface area contributed by atoms with E-state index in [9.17, 15) is 9.59 Å². The van der Waals surface area contributed by atoms with Gasteiger partial charge in [0.25, 0.3) is 0 Å². The van der Waals surface area contributed by atoms with Crippen LogP contribution in [0.4, 0.5) is 4.79 Å². The molecule has 0 spiro atoms. The Morgan fingerprint density at radius 1 is 1.11 bits per heavy atom. The maximum absolute atomic E-state index is 13.4. The Balaban J connectivity index is 1.39. The number of nitrogens with zero attached hydrogens (tertiary/aromatic N) is 1. The average molecular weight is 370 g/mol. The Morgan fingerprint density at radius 2 is 1.85 bits per heavy atom. The molecule has 4 N–H and O–H groups in total. The van der Waals surface area contributed by atoms with Gasteiger partial charge in [-0.3, -0.25) is 4.79 Å². The normalized spacial score (nSPS) is 28.8. The highest BCUT2D eigenvalue weighted by atomic mass is 16.2. The maximum Gasteiger partial charge on any atom is 0.315 e. The van der Waals surface area contributed by atoms with E-state index in [2.05, 4.69) is 10.6 Å². The Hall–Kier alpha value is -2.08. The van der Waals surface area contributed by atoms with Crippen molar-refractivity contribution in [3.8, 4) is 0 Å². The minimum atomic E-state index is -0.747. The third-order valence-electron chi connectivity index (χ3n) is 6.71. The van der Waals surface area contributed by atoms with Crippen LogP contribution in [0.15, 0.2) is 30.3 Å². The number of rotatable bonds is 4. The monoisotopic (exact) mass is 370 g/mol. The van der Waals surface area contributed by atoms with E-state index in [1.807, 2.05) is 35.2 Å². The summed E-state index contributed by atoms with van der Waals surface area (Å²) >= 11 is 0. The van der Waals surface area contributed by atoms with Crippen molar-refractivity contribution in [1.82, 2.24) is 15.5 Å². The number of hydrogen-bond acceptors (Lipinski definition) is 3. The quantitative estimate of drug-likeness (QED) is 0.757. The number of nitrogens with two attached hydrogens (primary N) is 1. The van der Waals surface area contributed by atoms with E-state index in [0.29, 0.717) is 18.4 Å². The lowest BCUT2D eigenvalue weighted by Crippen LogP contribution is -2.59. The third-order valence-corrected chi connectivity index (χ3v) is 6.71. The van der Waals surface area contributed by atoms with Gasteiger partial charge in [-0.15, -0.1) is 0 Å². The minimum absolute atomic E-state index is 0.0939. The number of benzene rings is 1. The van der Waals surface area contributed by atoms with Gasteiger partial charge in [0.05, 0.1) is 0 Å². The third kappa shape index (κ3) is 3.68. The van der Waals surface area contributed by atoms with Crippen LogP contribution >= 0.6 is 0 Å². The summed E-state index contributed by atoms with van der Waals surface area (Å²) in [5.41, 5.74) is 6.52. The van der Waals surface area contributed by atoms with Crippen molar-refractivity contribution in [2.24, 2.45) is 17.6 Å². The Morgan fingerprint density at radius 3 is 2.56 bits per heavy atom. The fraction of sp³-hybridized carbons (Fsp3) is 0.619. The van der Waals surface area contributed by atoms with Gasteiger partial charge in [0.15, 0.2) is 0 Å². The van der Waals surface area contributed by atoms with Crippen LogP contribution in [0.25, 0.3) is 0 Å². The Labute approximate surface area is 160 Å². The predicted molar refractivity (Wildman–Crippen MR) is 104 cm³/mol. The largest absolute Gasteiger partial charge is 0.340 e. The molecule has 1 heterocycles. The first kappa shape index (κ1) is 18.3. The molecule has 1 aliphatic heterocycles. The molecule has 3 amide bonds. The van der Waals surface area contributed by atoms with E-state index in [1.165, 1.54) is 0 Å². The van der Waals surface area contributed by atoms with Crippen molar-refractivity contribution in [3.63, 3.8) is 0 Å². The van der Waals surface area contributed by atoms with Crippen molar-refractivity contribution in [3.05, 3.63) is 35.9 Å². The highest BCUT2D eigenvalue weighted by Crippen LogP contribution is 2.40. The topological polar surface area (TPSA) is 87.5 Å². The summed E-state index contributed by atoms with van der Waals surface area (Å²) in [6, 6.07) is 9.76. The van der Waals surface area contributed by atoms with Gasteiger partial charge >= 0.3 is 6.03 Å². The molecule has 3 atom stereocenters. The minimum Gasteiger partial charge on any atom is -0.340 e. The fourth-order valence-corrected chi connectivity index (χ4v) is 5.19. The van der Waals surface area contributed by atoms with Gasteiger partial charge in [-0.1, -0.05) is 43.2 Å². The summed E-state index contributed by atoms with van der Waals surface area (Å²) in [7, 11) is 0. The highest BCUT2D eigenvalue weighted by Gasteiger charge is 2.49. The van der Waals surface area contributed by atoms with Gasteiger partial charge in [0.2, 0.25) is 5.91 Å². The summed E-state index contributed by atoms with van der Waals surface area (Å²) in [6.45, 7) is 2.01. The molecular weight excluding hydrogens is 340 g/mol. The Kier molecular flexibility index (Phi) is 5.08. The number of urea groups is 1. The van der Waals surface area contributed by atoms with Gasteiger partial charge < -0.3 is 21.3 Å². The van der Waals surface area contributed by atoms with Crippen molar-refractivity contribution in [1.29, 1.82) is 0 Å². The number of amides is 3. The number of likely N-dealkylation sites (tertiary alicyclic amines) is 1. The molecule has 0 bridgehead atoms. The van der Waals surface area contributed by atoms with Crippen molar-refractivity contribution in [2.45, 2.75) is 56.7 Å². The van der Waals surface area contributed by atoms with Crippen molar-refractivity contribution >= 4 is 11.9 Å². The summed E-state index contributed by atoms with van der Waals surface area (Å²) in [5.74, 6) is 1.06. The van der Waals surface area contributed by atoms with E-state index < -0.39 is 5.54 Å². The lowest BCUT2D eigenvalue weighted by atomic mass is 9.95. The van der Waals surface area contributed by atoms with Crippen molar-refractivity contribution < 1.29 is 9.59 Å². The highest BCUT2D eigenvalue weighted by molar-refractivity contribution is 5.91. The summed E-state index contributed by atoms with van der Waals surface area (Å²) in [4.78, 5) is 27.9. The molecule has 3 fully saturated rings. The average Bonchev–Trinajstić information content (AvgIpc) is 3.39. The first-order valence-electron chi connectivity index (χ1n) is 10.2. The molecule has 6 nitrogen and oxygen atoms in total. The van der Waals surface area contributed by atoms with Crippen LogP contribution in [0.3, 0.4) is 0 Å². The molecule has 2 aliphatic carbocycles. The Bertz CT molecular complexity index is 687. The number of carbonyl (C=O) groups excluding carboxylic acids is 2. The van der Waals surface area contributed by atoms with Crippen LogP contribution in [-0.4, -0.2) is 41.5 Å². The molecule has 1 aromatic rings. The van der Waals surface area contributed by atoms with Gasteiger partial charge in [-0.25, -0.2) is 4.79 Å². The summed E-state index contributed by atoms with van der Waals surface area (Å²) in [6.07, 6.45) is 5.59. The first-order chi connectivity index (χ1) is 13.1. The predicted octanol–water partition coefficient (Wildman–Crippen LogP) is 1.99. The lowest BCUT2D eigenvalue weighted by Gasteiger charge is -2.33. The zero-order chi connectivity index (χ0) is 18.9. The van der Waals surface area contributed by atoms with E-state index in [0.717, 1.165) is 57.2 Å². The van der Waals surface area contributed by atoms with E-state index >= 15 is 0 Å². The van der Waals surface area contributed by atoms with E-state index in [-0.39, 0.29) is 18.0 Å². The second-order valence-corrected chi connectivity index (χ2v) is 8.46. The van der Waals surface area contributed by atoms with Crippen LogP contribution in [0, 0.1) is 11.8 Å². The molecular formula is C21H30N4O2. The number of nitrogens with one attached hydrogen (secondary N) is 2. The molecule has 1 aromatic carbocycles. The molecule has 27 heavy (non-hydrogen) atoms. The molecule has 6 heteroatoms. The number of fused-ring (bicyclic) bond motifs is 1. The summed E-state index contributed by atoms with van der Waals surface area (Å²) in [5, 5.41) is 5.95. The number of hydrogen-bond donors (Lipinski definition) is 3. The maximum atomic E-state index is 13.4. The zero-order valence-electron chi connectivity index (χ0n) is 15.8.